The minimum atomic E-state index is -0.501. The number of halogens is 1. The van der Waals surface area contributed by atoms with Gasteiger partial charge < -0.3 is 10.4 Å². The normalized spacial score (nSPS) is 10.2. The van der Waals surface area contributed by atoms with E-state index in [4.69, 9.17) is 11.6 Å². The maximum Gasteiger partial charge on any atom is 0.271 e. The number of phenols is 1. The summed E-state index contributed by atoms with van der Waals surface area (Å²) in [6.07, 6.45) is 0. The Morgan fingerprint density at radius 2 is 2.00 bits per heavy atom. The van der Waals surface area contributed by atoms with Crippen molar-refractivity contribution in [3.63, 3.8) is 0 Å². The second-order valence-corrected chi connectivity index (χ2v) is 4.31. The zero-order valence-electron chi connectivity index (χ0n) is 9.84. The lowest BCUT2D eigenvalue weighted by Gasteiger charge is -2.09. The summed E-state index contributed by atoms with van der Waals surface area (Å²) < 4.78 is 0. The standard InChI is InChI=1S/C13H11ClN2O3/c14-11-7-10(16(18)19)5-6-12(11)15-8-9-3-1-2-4-13(9)17/h1-7,15,17H,8H2. The molecule has 2 aromatic rings. The largest absolute Gasteiger partial charge is 0.508 e. The highest BCUT2D eigenvalue weighted by Crippen LogP contribution is 2.27. The lowest BCUT2D eigenvalue weighted by Crippen LogP contribution is -2.00. The number of nitrogens with one attached hydrogen (secondary N) is 1. The summed E-state index contributed by atoms with van der Waals surface area (Å²) in [6.45, 7) is 0.379. The first-order valence-corrected chi connectivity index (χ1v) is 5.90. The number of phenolic OH excluding ortho intramolecular Hbond substituents is 1. The molecule has 0 heterocycles. The summed E-state index contributed by atoms with van der Waals surface area (Å²) in [6, 6.07) is 11.1. The van der Waals surface area contributed by atoms with Crippen molar-refractivity contribution >= 4 is 23.0 Å². The lowest BCUT2D eigenvalue weighted by molar-refractivity contribution is -0.384. The third-order valence-electron chi connectivity index (χ3n) is 2.62. The Bertz CT molecular complexity index is 617. The average Bonchev–Trinajstić information content (AvgIpc) is 2.39. The lowest BCUT2D eigenvalue weighted by atomic mass is 10.2. The van der Waals surface area contributed by atoms with Gasteiger partial charge in [-0.2, -0.15) is 0 Å². The zero-order chi connectivity index (χ0) is 13.8. The van der Waals surface area contributed by atoms with E-state index in [0.29, 0.717) is 12.2 Å². The van der Waals surface area contributed by atoms with Gasteiger partial charge in [-0.25, -0.2) is 0 Å². The number of hydrogen-bond donors (Lipinski definition) is 2. The molecule has 2 aromatic carbocycles. The molecule has 0 fully saturated rings. The summed E-state index contributed by atoms with van der Waals surface area (Å²) in [7, 11) is 0. The van der Waals surface area contributed by atoms with Gasteiger partial charge in [-0.1, -0.05) is 29.8 Å². The van der Waals surface area contributed by atoms with Crippen LogP contribution in [-0.4, -0.2) is 10.0 Å². The van der Waals surface area contributed by atoms with Crippen LogP contribution in [0.5, 0.6) is 5.75 Å². The number of aromatic hydroxyl groups is 1. The van der Waals surface area contributed by atoms with Gasteiger partial charge in [0.25, 0.3) is 5.69 Å². The van der Waals surface area contributed by atoms with E-state index in [2.05, 4.69) is 5.32 Å². The summed E-state index contributed by atoms with van der Waals surface area (Å²) >= 11 is 5.95. The highest BCUT2D eigenvalue weighted by atomic mass is 35.5. The number of anilines is 1. The van der Waals surface area contributed by atoms with Gasteiger partial charge in [-0.05, 0) is 12.1 Å². The molecule has 2 N–H and O–H groups in total. The fourth-order valence-electron chi connectivity index (χ4n) is 1.61. The third-order valence-corrected chi connectivity index (χ3v) is 2.94. The number of nitro groups is 1. The molecule has 6 heteroatoms. The molecule has 0 aromatic heterocycles. The summed E-state index contributed by atoms with van der Waals surface area (Å²) in [5.41, 5.74) is 1.24. The van der Waals surface area contributed by atoms with Crippen molar-refractivity contribution in [2.45, 2.75) is 6.54 Å². The van der Waals surface area contributed by atoms with Crippen LogP contribution in [0.25, 0.3) is 0 Å². The summed E-state index contributed by atoms with van der Waals surface area (Å²) in [5.74, 6) is 0.188. The van der Waals surface area contributed by atoms with E-state index in [1.54, 1.807) is 24.3 Å². The summed E-state index contributed by atoms with van der Waals surface area (Å²) in [5, 5.41) is 23.5. The van der Waals surface area contributed by atoms with E-state index < -0.39 is 4.92 Å². The van der Waals surface area contributed by atoms with Crippen molar-refractivity contribution in [3.8, 4) is 5.75 Å². The molecular formula is C13H11ClN2O3. The first kappa shape index (κ1) is 13.2. The molecule has 0 aliphatic carbocycles. The van der Waals surface area contributed by atoms with Crippen LogP contribution in [-0.2, 0) is 6.54 Å². The molecule has 0 unspecified atom stereocenters. The van der Waals surface area contributed by atoms with Gasteiger partial charge in [0.15, 0.2) is 0 Å². The van der Waals surface area contributed by atoms with Crippen molar-refractivity contribution in [1.82, 2.24) is 0 Å². The van der Waals surface area contributed by atoms with Crippen LogP contribution in [0, 0.1) is 10.1 Å². The SMILES string of the molecule is O=[N+]([O-])c1ccc(NCc2ccccc2O)c(Cl)c1. The first-order valence-electron chi connectivity index (χ1n) is 5.52. The van der Waals surface area contributed by atoms with E-state index >= 15 is 0 Å². The third kappa shape index (κ3) is 3.14. The maximum atomic E-state index is 10.6. The van der Waals surface area contributed by atoms with Gasteiger partial charge in [0.1, 0.15) is 5.75 Å². The zero-order valence-corrected chi connectivity index (χ0v) is 10.6. The van der Waals surface area contributed by atoms with E-state index in [0.717, 1.165) is 5.56 Å². The Hall–Kier alpha value is -2.27. The van der Waals surface area contributed by atoms with Crippen molar-refractivity contribution in [1.29, 1.82) is 0 Å². The molecule has 0 saturated heterocycles. The van der Waals surface area contributed by atoms with Crippen LogP contribution in [0.2, 0.25) is 5.02 Å². The molecule has 5 nitrogen and oxygen atoms in total. The second kappa shape index (κ2) is 5.58. The molecular weight excluding hydrogens is 268 g/mol. The molecule has 0 saturated carbocycles. The fourth-order valence-corrected chi connectivity index (χ4v) is 1.85. The predicted octanol–water partition coefficient (Wildman–Crippen LogP) is 3.57. The van der Waals surface area contributed by atoms with E-state index in [-0.39, 0.29) is 16.5 Å². The van der Waals surface area contributed by atoms with Crippen molar-refractivity contribution in [2.75, 3.05) is 5.32 Å². The number of rotatable bonds is 4. The minimum Gasteiger partial charge on any atom is -0.508 e. The molecule has 0 aliphatic heterocycles. The minimum absolute atomic E-state index is 0.0573. The van der Waals surface area contributed by atoms with Gasteiger partial charge >= 0.3 is 0 Å². The fraction of sp³-hybridized carbons (Fsp3) is 0.0769. The summed E-state index contributed by atoms with van der Waals surface area (Å²) in [4.78, 5) is 10.1. The Morgan fingerprint density at radius 3 is 2.63 bits per heavy atom. The van der Waals surface area contributed by atoms with Gasteiger partial charge in [-0.15, -0.1) is 0 Å². The monoisotopic (exact) mass is 278 g/mol. The smallest absolute Gasteiger partial charge is 0.271 e. The predicted molar refractivity (Wildman–Crippen MR) is 73.5 cm³/mol. The van der Waals surface area contributed by atoms with E-state index in [1.807, 2.05) is 6.07 Å². The average molecular weight is 279 g/mol. The topological polar surface area (TPSA) is 75.4 Å². The van der Waals surface area contributed by atoms with E-state index in [1.165, 1.54) is 12.1 Å². The number of para-hydroxylation sites is 1. The van der Waals surface area contributed by atoms with Crippen LogP contribution in [0.3, 0.4) is 0 Å². The van der Waals surface area contributed by atoms with Crippen molar-refractivity contribution in [2.24, 2.45) is 0 Å². The first-order chi connectivity index (χ1) is 9.08. The van der Waals surface area contributed by atoms with Crippen LogP contribution < -0.4 is 5.32 Å². The maximum absolute atomic E-state index is 10.6. The van der Waals surface area contributed by atoms with Gasteiger partial charge in [-0.3, -0.25) is 10.1 Å². The Balaban J connectivity index is 2.12. The molecule has 0 atom stereocenters. The van der Waals surface area contributed by atoms with Gasteiger partial charge in [0.05, 0.1) is 15.6 Å². The number of hydrogen-bond acceptors (Lipinski definition) is 4. The Labute approximate surface area is 114 Å². The number of nitrogens with zero attached hydrogens (tertiary/aromatic N) is 1. The van der Waals surface area contributed by atoms with Gasteiger partial charge in [0, 0.05) is 24.2 Å². The number of nitro benzene ring substituents is 1. The Morgan fingerprint density at radius 1 is 1.26 bits per heavy atom. The van der Waals surface area contributed by atoms with E-state index in [9.17, 15) is 15.2 Å². The van der Waals surface area contributed by atoms with Crippen LogP contribution in [0.15, 0.2) is 42.5 Å². The van der Waals surface area contributed by atoms with Crippen LogP contribution in [0.4, 0.5) is 11.4 Å². The van der Waals surface area contributed by atoms with Crippen LogP contribution in [0.1, 0.15) is 5.56 Å². The Kier molecular flexibility index (Phi) is 3.87. The number of non-ortho nitro benzene ring substituents is 1. The van der Waals surface area contributed by atoms with Crippen molar-refractivity contribution < 1.29 is 10.0 Å². The van der Waals surface area contributed by atoms with Gasteiger partial charge in [0.2, 0.25) is 0 Å². The molecule has 0 aliphatic rings. The van der Waals surface area contributed by atoms with Crippen molar-refractivity contribution in [3.05, 3.63) is 63.2 Å². The molecule has 0 radical (unpaired) electrons. The van der Waals surface area contributed by atoms with Crippen LogP contribution >= 0.6 is 11.6 Å². The molecule has 0 bridgehead atoms. The number of benzene rings is 2. The molecule has 19 heavy (non-hydrogen) atoms. The quantitative estimate of drug-likeness (QED) is 0.662. The highest BCUT2D eigenvalue weighted by Gasteiger charge is 2.09. The second-order valence-electron chi connectivity index (χ2n) is 3.90. The molecule has 98 valence electrons. The molecule has 0 spiro atoms. The molecule has 0 amide bonds. The highest BCUT2D eigenvalue weighted by molar-refractivity contribution is 6.33. The molecule has 2 rings (SSSR count).